The second kappa shape index (κ2) is 9.43. The van der Waals surface area contributed by atoms with Crippen molar-refractivity contribution in [1.82, 2.24) is 15.2 Å². The number of methoxy groups -OCH3 is 1. The van der Waals surface area contributed by atoms with Gasteiger partial charge in [0.05, 0.1) is 28.8 Å². The second-order valence-electron chi connectivity index (χ2n) is 5.90. The molecule has 150 valence electrons. The average Bonchev–Trinajstić information content (AvgIpc) is 3.06. The first kappa shape index (κ1) is 21.4. The van der Waals surface area contributed by atoms with Crippen molar-refractivity contribution in [2.75, 3.05) is 7.11 Å². The van der Waals surface area contributed by atoms with Crippen LogP contribution in [0.25, 0.3) is 0 Å². The van der Waals surface area contributed by atoms with Crippen molar-refractivity contribution in [2.45, 2.75) is 6.54 Å². The highest BCUT2D eigenvalue weighted by Gasteiger charge is 2.15. The number of carbonyl (C=O) groups is 1. The molecule has 0 spiro atoms. The zero-order valence-electron chi connectivity index (χ0n) is 15.1. The maximum Gasteiger partial charge on any atom is 0.293 e. The van der Waals surface area contributed by atoms with E-state index in [-0.39, 0.29) is 17.2 Å². The van der Waals surface area contributed by atoms with Gasteiger partial charge in [0.2, 0.25) is 0 Å². The highest BCUT2D eigenvalue weighted by Crippen LogP contribution is 2.34. The standard InChI is InChI=1S/C19H15Br2ClN4O3/c1-29-16-7-12(6-14(20)18(16)27)8-23-24-19(28)17-15(21)10-26(25-17)9-11-2-4-13(22)5-3-11/h2-8,10,27H,9H2,1H3,(H,24,28)/b23-8-. The van der Waals surface area contributed by atoms with Gasteiger partial charge in [0.25, 0.3) is 5.91 Å². The molecule has 1 aromatic heterocycles. The second-order valence-corrected chi connectivity index (χ2v) is 8.05. The van der Waals surface area contributed by atoms with E-state index in [4.69, 9.17) is 16.3 Å². The van der Waals surface area contributed by atoms with Crippen molar-refractivity contribution in [1.29, 1.82) is 0 Å². The van der Waals surface area contributed by atoms with E-state index >= 15 is 0 Å². The summed E-state index contributed by atoms with van der Waals surface area (Å²) in [5.41, 5.74) is 4.27. The van der Waals surface area contributed by atoms with E-state index in [9.17, 15) is 9.90 Å². The van der Waals surface area contributed by atoms with Crippen molar-refractivity contribution >= 4 is 55.6 Å². The van der Waals surface area contributed by atoms with Gasteiger partial charge in [-0.25, -0.2) is 5.43 Å². The third-order valence-electron chi connectivity index (χ3n) is 3.84. The number of hydrogen-bond donors (Lipinski definition) is 2. The summed E-state index contributed by atoms with van der Waals surface area (Å²) >= 11 is 12.5. The number of halogens is 3. The van der Waals surface area contributed by atoms with Crippen LogP contribution in [0.1, 0.15) is 21.6 Å². The monoisotopic (exact) mass is 540 g/mol. The van der Waals surface area contributed by atoms with Crippen LogP contribution in [0.15, 0.2) is 56.6 Å². The fourth-order valence-electron chi connectivity index (χ4n) is 2.45. The van der Waals surface area contributed by atoms with Crippen molar-refractivity contribution in [3.8, 4) is 11.5 Å². The minimum atomic E-state index is -0.465. The number of phenols is 1. The molecule has 0 bridgehead atoms. The fourth-order valence-corrected chi connectivity index (χ4v) is 3.53. The molecule has 0 fully saturated rings. The number of carbonyl (C=O) groups excluding carboxylic acids is 1. The van der Waals surface area contributed by atoms with Crippen LogP contribution < -0.4 is 10.2 Å². The summed E-state index contributed by atoms with van der Waals surface area (Å²) in [5.74, 6) is -0.188. The smallest absolute Gasteiger partial charge is 0.293 e. The Balaban J connectivity index is 1.68. The summed E-state index contributed by atoms with van der Waals surface area (Å²) in [6.45, 7) is 0.494. The predicted molar refractivity (Wildman–Crippen MR) is 118 cm³/mol. The van der Waals surface area contributed by atoms with Gasteiger partial charge in [0, 0.05) is 11.2 Å². The molecular weight excluding hydrogens is 527 g/mol. The Morgan fingerprint density at radius 2 is 2.03 bits per heavy atom. The summed E-state index contributed by atoms with van der Waals surface area (Å²) in [6, 6.07) is 10.6. The molecule has 3 aromatic rings. The molecular formula is C19H15Br2ClN4O3. The molecule has 0 radical (unpaired) electrons. The molecule has 2 aromatic carbocycles. The van der Waals surface area contributed by atoms with Crippen LogP contribution in [0.3, 0.4) is 0 Å². The van der Waals surface area contributed by atoms with E-state index in [1.54, 1.807) is 35.1 Å². The quantitative estimate of drug-likeness (QED) is 0.352. The molecule has 0 unspecified atom stereocenters. The first-order valence-electron chi connectivity index (χ1n) is 8.24. The number of aromatic nitrogens is 2. The zero-order chi connectivity index (χ0) is 21.0. The number of aromatic hydroxyl groups is 1. The lowest BCUT2D eigenvalue weighted by Gasteiger charge is -2.06. The van der Waals surface area contributed by atoms with Gasteiger partial charge < -0.3 is 9.84 Å². The maximum absolute atomic E-state index is 12.4. The summed E-state index contributed by atoms with van der Waals surface area (Å²) in [6.07, 6.45) is 3.15. The van der Waals surface area contributed by atoms with Crippen LogP contribution in [-0.2, 0) is 6.54 Å². The number of ether oxygens (including phenoxy) is 1. The molecule has 10 heteroatoms. The number of hydrogen-bond acceptors (Lipinski definition) is 5. The number of hydrazone groups is 1. The predicted octanol–water partition coefficient (Wildman–Crippen LogP) is 4.59. The molecule has 0 saturated heterocycles. The average molecular weight is 543 g/mol. The van der Waals surface area contributed by atoms with Gasteiger partial charge >= 0.3 is 0 Å². The van der Waals surface area contributed by atoms with Crippen LogP contribution >= 0.6 is 43.5 Å². The van der Waals surface area contributed by atoms with Crippen molar-refractivity contribution < 1.29 is 14.6 Å². The Kier molecular flexibility index (Phi) is 6.94. The number of nitrogens with zero attached hydrogens (tertiary/aromatic N) is 3. The molecule has 29 heavy (non-hydrogen) atoms. The maximum atomic E-state index is 12.4. The summed E-state index contributed by atoms with van der Waals surface area (Å²) in [4.78, 5) is 12.4. The molecule has 0 atom stereocenters. The van der Waals surface area contributed by atoms with Crippen molar-refractivity contribution in [3.63, 3.8) is 0 Å². The van der Waals surface area contributed by atoms with E-state index in [0.29, 0.717) is 26.1 Å². The van der Waals surface area contributed by atoms with Gasteiger partial charge in [-0.2, -0.15) is 10.2 Å². The third kappa shape index (κ3) is 5.37. The molecule has 1 heterocycles. The largest absolute Gasteiger partial charge is 0.503 e. The van der Waals surface area contributed by atoms with Crippen LogP contribution in [-0.4, -0.2) is 34.1 Å². The summed E-state index contributed by atoms with van der Waals surface area (Å²) < 4.78 is 7.73. The molecule has 7 nitrogen and oxygen atoms in total. The fraction of sp³-hybridized carbons (Fsp3) is 0.105. The number of rotatable bonds is 6. The lowest BCUT2D eigenvalue weighted by molar-refractivity contribution is 0.0948. The molecule has 3 rings (SSSR count). The topological polar surface area (TPSA) is 88.7 Å². The Morgan fingerprint density at radius 1 is 1.31 bits per heavy atom. The van der Waals surface area contributed by atoms with Gasteiger partial charge in [-0.1, -0.05) is 23.7 Å². The molecule has 0 aliphatic heterocycles. The first-order valence-corrected chi connectivity index (χ1v) is 10.2. The van der Waals surface area contributed by atoms with Crippen molar-refractivity contribution in [3.05, 3.63) is 73.4 Å². The van der Waals surface area contributed by atoms with Gasteiger partial charge in [-0.15, -0.1) is 0 Å². The van der Waals surface area contributed by atoms with E-state index in [1.165, 1.54) is 13.3 Å². The van der Waals surface area contributed by atoms with Crippen LogP contribution in [0.4, 0.5) is 0 Å². The first-order chi connectivity index (χ1) is 13.9. The zero-order valence-corrected chi connectivity index (χ0v) is 19.0. The number of phenolic OH excluding ortho intramolecular Hbond substituents is 1. The summed E-state index contributed by atoms with van der Waals surface area (Å²) in [7, 11) is 1.45. The van der Waals surface area contributed by atoms with Gasteiger partial charge in [-0.05, 0) is 67.3 Å². The molecule has 1 amide bonds. The lowest BCUT2D eigenvalue weighted by Crippen LogP contribution is -2.19. The van der Waals surface area contributed by atoms with Gasteiger partial charge in [-0.3, -0.25) is 9.48 Å². The Labute approximate surface area is 188 Å². The highest BCUT2D eigenvalue weighted by molar-refractivity contribution is 9.10. The van der Waals surface area contributed by atoms with Crippen LogP contribution in [0, 0.1) is 0 Å². The van der Waals surface area contributed by atoms with Crippen LogP contribution in [0.2, 0.25) is 5.02 Å². The van der Waals surface area contributed by atoms with E-state index in [2.05, 4.69) is 47.5 Å². The van der Waals surface area contributed by atoms with Crippen molar-refractivity contribution in [2.24, 2.45) is 5.10 Å². The SMILES string of the molecule is COc1cc(/C=N\NC(=O)c2nn(Cc3ccc(Cl)cc3)cc2Br)cc(Br)c1O. The third-order valence-corrected chi connectivity index (χ3v) is 5.28. The molecule has 0 saturated carbocycles. The number of nitrogens with one attached hydrogen (secondary N) is 1. The highest BCUT2D eigenvalue weighted by atomic mass is 79.9. The minimum Gasteiger partial charge on any atom is -0.503 e. The normalized spacial score (nSPS) is 11.0. The Hall–Kier alpha value is -2.36. The van der Waals surface area contributed by atoms with Crippen LogP contribution in [0.5, 0.6) is 11.5 Å². The minimum absolute atomic E-state index is 0.0103. The number of benzene rings is 2. The molecule has 0 aliphatic carbocycles. The Bertz CT molecular complexity index is 1070. The van der Waals surface area contributed by atoms with E-state index in [1.807, 2.05) is 12.1 Å². The van der Waals surface area contributed by atoms with E-state index in [0.717, 1.165) is 5.56 Å². The van der Waals surface area contributed by atoms with E-state index < -0.39 is 5.91 Å². The lowest BCUT2D eigenvalue weighted by atomic mass is 10.2. The molecule has 2 N–H and O–H groups in total. The summed E-state index contributed by atoms with van der Waals surface area (Å²) in [5, 5.41) is 18.7. The van der Waals surface area contributed by atoms with Gasteiger partial charge in [0.1, 0.15) is 0 Å². The molecule has 0 aliphatic rings. The Morgan fingerprint density at radius 3 is 2.72 bits per heavy atom. The number of amides is 1. The van der Waals surface area contributed by atoms with Gasteiger partial charge in [0.15, 0.2) is 17.2 Å².